The Morgan fingerprint density at radius 3 is 2.21 bits per heavy atom. The molecule has 1 aromatic rings. The maximum atomic E-state index is 12.6. The van der Waals surface area contributed by atoms with Crippen molar-refractivity contribution in [1.29, 1.82) is 0 Å². The number of unbranched alkanes of at least 4 members (excludes halogenated alkanes) is 6. The summed E-state index contributed by atoms with van der Waals surface area (Å²) in [7, 11) is 0. The van der Waals surface area contributed by atoms with Crippen molar-refractivity contribution >= 4 is 11.8 Å². The van der Waals surface area contributed by atoms with Gasteiger partial charge in [-0.15, -0.1) is 0 Å². The van der Waals surface area contributed by atoms with Crippen molar-refractivity contribution in [1.82, 2.24) is 10.6 Å². The molecule has 0 aromatic heterocycles. The van der Waals surface area contributed by atoms with Gasteiger partial charge in [0.2, 0.25) is 11.8 Å². The summed E-state index contributed by atoms with van der Waals surface area (Å²) in [5.74, 6) is -0.0813. The first-order valence-electron chi connectivity index (χ1n) is 10.6. The van der Waals surface area contributed by atoms with Gasteiger partial charge in [0.1, 0.15) is 11.8 Å². The third-order valence-corrected chi connectivity index (χ3v) is 4.69. The molecule has 0 saturated heterocycles. The molecule has 0 radical (unpaired) electrons. The van der Waals surface area contributed by atoms with E-state index in [9.17, 15) is 14.7 Å². The van der Waals surface area contributed by atoms with Crippen LogP contribution in [0.1, 0.15) is 70.3 Å². The number of rotatable bonds is 15. The number of hydrogen-bond donors (Lipinski definition) is 4. The van der Waals surface area contributed by atoms with E-state index in [-0.39, 0.29) is 17.6 Å². The average Bonchev–Trinajstić information content (AvgIpc) is 2.68. The number of amides is 2. The first-order chi connectivity index (χ1) is 13.6. The van der Waals surface area contributed by atoms with Gasteiger partial charge >= 0.3 is 0 Å². The molecule has 6 heteroatoms. The lowest BCUT2D eigenvalue weighted by atomic mass is 10.0. The van der Waals surface area contributed by atoms with Crippen molar-refractivity contribution in [2.24, 2.45) is 5.73 Å². The summed E-state index contributed by atoms with van der Waals surface area (Å²) < 4.78 is 0. The highest BCUT2D eigenvalue weighted by atomic mass is 16.3. The van der Waals surface area contributed by atoms with Crippen molar-refractivity contribution in [3.63, 3.8) is 0 Å². The van der Waals surface area contributed by atoms with Crippen LogP contribution in [-0.2, 0) is 16.0 Å². The largest absolute Gasteiger partial charge is 0.508 e. The second kappa shape index (κ2) is 14.9. The fraction of sp³-hybridized carbons (Fsp3) is 0.636. The fourth-order valence-corrected chi connectivity index (χ4v) is 3.06. The van der Waals surface area contributed by atoms with E-state index in [1.807, 2.05) is 6.92 Å². The number of aromatic hydroxyl groups is 1. The Labute approximate surface area is 169 Å². The van der Waals surface area contributed by atoms with Gasteiger partial charge in [0.05, 0.1) is 0 Å². The van der Waals surface area contributed by atoms with Crippen LogP contribution in [0.4, 0.5) is 0 Å². The summed E-state index contributed by atoms with van der Waals surface area (Å²) in [6, 6.07) is 6.12. The van der Waals surface area contributed by atoms with E-state index in [0.717, 1.165) is 37.8 Å². The van der Waals surface area contributed by atoms with Crippen molar-refractivity contribution in [3.05, 3.63) is 29.8 Å². The summed E-state index contributed by atoms with van der Waals surface area (Å²) >= 11 is 0. The van der Waals surface area contributed by atoms with Crippen molar-refractivity contribution < 1.29 is 14.7 Å². The molecule has 0 unspecified atom stereocenters. The molecule has 158 valence electrons. The Kier molecular flexibility index (Phi) is 12.8. The lowest BCUT2D eigenvalue weighted by Crippen LogP contribution is -2.48. The Morgan fingerprint density at radius 2 is 1.61 bits per heavy atom. The van der Waals surface area contributed by atoms with E-state index in [1.165, 1.54) is 25.7 Å². The van der Waals surface area contributed by atoms with E-state index >= 15 is 0 Å². The number of carbonyl (C=O) groups excluding carboxylic acids is 2. The maximum absolute atomic E-state index is 12.6. The standard InChI is InChI=1S/C22H37N3O3/c1-2-10-21(27)25-20(17-18-11-13-19(26)14-12-18)22(28)24-16-9-7-5-3-4-6-8-15-23/h11-14,20,26H,2-10,15-17,23H2,1H3,(H,24,28)(H,25,27)/t20-/m0/s1. The van der Waals surface area contributed by atoms with E-state index < -0.39 is 6.04 Å². The second-order valence-corrected chi connectivity index (χ2v) is 7.30. The second-order valence-electron chi connectivity index (χ2n) is 7.30. The number of nitrogens with two attached hydrogens (primary N) is 1. The first kappa shape index (κ1) is 24.0. The molecule has 6 nitrogen and oxygen atoms in total. The monoisotopic (exact) mass is 391 g/mol. The molecule has 28 heavy (non-hydrogen) atoms. The minimum absolute atomic E-state index is 0.112. The number of phenols is 1. The van der Waals surface area contributed by atoms with Crippen molar-refractivity contribution in [2.45, 2.75) is 77.2 Å². The minimum Gasteiger partial charge on any atom is -0.508 e. The molecule has 0 spiro atoms. The maximum Gasteiger partial charge on any atom is 0.242 e. The Morgan fingerprint density at radius 1 is 1.00 bits per heavy atom. The normalized spacial score (nSPS) is 11.8. The smallest absolute Gasteiger partial charge is 0.242 e. The van der Waals surface area contributed by atoms with Crippen LogP contribution in [0.25, 0.3) is 0 Å². The molecule has 1 rings (SSSR count). The first-order valence-corrected chi connectivity index (χ1v) is 10.6. The third-order valence-electron chi connectivity index (χ3n) is 4.69. The number of nitrogens with one attached hydrogen (secondary N) is 2. The molecule has 0 saturated carbocycles. The quantitative estimate of drug-likeness (QED) is 0.345. The molecule has 0 fully saturated rings. The Hall–Kier alpha value is -2.08. The molecular weight excluding hydrogens is 354 g/mol. The minimum atomic E-state index is -0.597. The molecule has 2 amide bonds. The highest BCUT2D eigenvalue weighted by molar-refractivity contribution is 5.87. The van der Waals surface area contributed by atoms with Gasteiger partial charge in [-0.3, -0.25) is 9.59 Å². The van der Waals surface area contributed by atoms with Gasteiger partial charge in [-0.1, -0.05) is 51.2 Å². The zero-order chi connectivity index (χ0) is 20.6. The number of benzene rings is 1. The molecule has 0 heterocycles. The molecule has 0 aliphatic heterocycles. The molecular formula is C22H37N3O3. The van der Waals surface area contributed by atoms with Gasteiger partial charge in [-0.25, -0.2) is 0 Å². The summed E-state index contributed by atoms with van der Waals surface area (Å²) in [5, 5.41) is 15.2. The molecule has 0 bridgehead atoms. The highest BCUT2D eigenvalue weighted by Crippen LogP contribution is 2.12. The predicted molar refractivity (Wildman–Crippen MR) is 113 cm³/mol. The topological polar surface area (TPSA) is 104 Å². The number of phenolic OH excluding ortho intramolecular Hbond substituents is 1. The SMILES string of the molecule is CCCC(=O)N[C@@H](Cc1ccc(O)cc1)C(=O)NCCCCCCCCCN. The van der Waals surface area contributed by atoms with Crippen LogP contribution in [0.3, 0.4) is 0 Å². The third kappa shape index (κ3) is 10.9. The van der Waals surface area contributed by atoms with Crippen molar-refractivity contribution in [2.75, 3.05) is 13.1 Å². The summed E-state index contributed by atoms with van der Waals surface area (Å²) in [6.45, 7) is 3.33. The van der Waals surface area contributed by atoms with E-state index in [1.54, 1.807) is 24.3 Å². The summed E-state index contributed by atoms with van der Waals surface area (Å²) in [5.41, 5.74) is 6.38. The molecule has 0 aliphatic carbocycles. The van der Waals surface area contributed by atoms with Gasteiger partial charge in [0.15, 0.2) is 0 Å². The number of hydrogen-bond acceptors (Lipinski definition) is 4. The van der Waals surface area contributed by atoms with Crippen molar-refractivity contribution in [3.8, 4) is 5.75 Å². The fourth-order valence-electron chi connectivity index (χ4n) is 3.06. The van der Waals surface area contributed by atoms with Gasteiger partial charge in [0.25, 0.3) is 0 Å². The van der Waals surface area contributed by atoms with Crippen LogP contribution < -0.4 is 16.4 Å². The van der Waals surface area contributed by atoms with Crippen LogP contribution in [0.5, 0.6) is 5.75 Å². The van der Waals surface area contributed by atoms with Gasteiger partial charge < -0.3 is 21.5 Å². The van der Waals surface area contributed by atoms with E-state index in [2.05, 4.69) is 10.6 Å². The van der Waals surface area contributed by atoms with Gasteiger partial charge in [-0.2, -0.15) is 0 Å². The van der Waals surface area contributed by atoms with Crippen LogP contribution >= 0.6 is 0 Å². The lowest BCUT2D eigenvalue weighted by molar-refractivity contribution is -0.129. The van der Waals surface area contributed by atoms with E-state index in [4.69, 9.17) is 5.73 Å². The molecule has 1 aromatic carbocycles. The number of carbonyl (C=O) groups is 2. The van der Waals surface area contributed by atoms with Crippen LogP contribution in [0.2, 0.25) is 0 Å². The summed E-state index contributed by atoms with van der Waals surface area (Å²) in [6.07, 6.45) is 9.49. The Balaban J connectivity index is 2.39. The van der Waals surface area contributed by atoms with Gasteiger partial charge in [-0.05, 0) is 43.5 Å². The predicted octanol–water partition coefficient (Wildman–Crippen LogP) is 3.03. The molecule has 5 N–H and O–H groups in total. The van der Waals surface area contributed by atoms with E-state index in [0.29, 0.717) is 19.4 Å². The van der Waals surface area contributed by atoms with Crippen LogP contribution in [0, 0.1) is 0 Å². The highest BCUT2D eigenvalue weighted by Gasteiger charge is 2.20. The zero-order valence-corrected chi connectivity index (χ0v) is 17.2. The molecule has 1 atom stereocenters. The Bertz CT molecular complexity index is 561. The molecule has 0 aliphatic rings. The van der Waals surface area contributed by atoms with Crippen LogP contribution in [-0.4, -0.2) is 36.1 Å². The zero-order valence-electron chi connectivity index (χ0n) is 17.2. The average molecular weight is 392 g/mol. The summed E-state index contributed by atoms with van der Waals surface area (Å²) in [4.78, 5) is 24.6. The van der Waals surface area contributed by atoms with Crippen LogP contribution in [0.15, 0.2) is 24.3 Å². The van der Waals surface area contributed by atoms with Gasteiger partial charge in [0, 0.05) is 19.4 Å². The lowest BCUT2D eigenvalue weighted by Gasteiger charge is -2.19.